The van der Waals surface area contributed by atoms with Crippen LogP contribution in [-0.4, -0.2) is 51.3 Å². The highest BCUT2D eigenvalue weighted by Crippen LogP contribution is 2.12. The summed E-state index contributed by atoms with van der Waals surface area (Å²) in [7, 11) is 3.23. The fourth-order valence-corrected chi connectivity index (χ4v) is 1.88. The molecule has 0 saturated carbocycles. The van der Waals surface area contributed by atoms with Gasteiger partial charge < -0.3 is 14.4 Å². The summed E-state index contributed by atoms with van der Waals surface area (Å²) < 4.78 is 23.3. The second kappa shape index (κ2) is 8.66. The molecule has 0 saturated heterocycles. The van der Waals surface area contributed by atoms with Gasteiger partial charge in [-0.3, -0.25) is 4.79 Å². The molecule has 4 nitrogen and oxygen atoms in total. The second-order valence-corrected chi connectivity index (χ2v) is 4.60. The van der Waals surface area contributed by atoms with Gasteiger partial charge >= 0.3 is 0 Å². The Labute approximate surface area is 119 Å². The van der Waals surface area contributed by atoms with Gasteiger partial charge in [0.05, 0.1) is 6.61 Å². The van der Waals surface area contributed by atoms with Crippen molar-refractivity contribution in [1.82, 2.24) is 4.90 Å². The Bertz CT molecular complexity index is 437. The summed E-state index contributed by atoms with van der Waals surface area (Å²) in [5.41, 5.74) is 0.969. The Morgan fingerprint density at radius 1 is 1.20 bits per heavy atom. The maximum absolute atomic E-state index is 13.3. The van der Waals surface area contributed by atoms with Crippen LogP contribution in [0.3, 0.4) is 0 Å². The smallest absolute Gasteiger partial charge is 0.253 e. The van der Waals surface area contributed by atoms with E-state index in [1.54, 1.807) is 32.1 Å². The molecule has 112 valence electrons. The van der Waals surface area contributed by atoms with Gasteiger partial charge in [-0.2, -0.15) is 0 Å². The van der Waals surface area contributed by atoms with E-state index in [-0.39, 0.29) is 11.7 Å². The molecule has 0 aliphatic carbocycles. The summed E-state index contributed by atoms with van der Waals surface area (Å²) in [6.07, 6.45) is 0.756. The molecule has 0 aliphatic rings. The lowest BCUT2D eigenvalue weighted by Crippen LogP contribution is -2.35. The molecule has 0 atom stereocenters. The largest absolute Gasteiger partial charge is 0.385 e. The molecule has 1 aromatic rings. The van der Waals surface area contributed by atoms with Gasteiger partial charge in [0, 0.05) is 39.5 Å². The first-order chi connectivity index (χ1) is 9.60. The molecule has 0 radical (unpaired) electrons. The average molecular weight is 283 g/mol. The molecule has 1 amide bonds. The first-order valence-corrected chi connectivity index (χ1v) is 6.63. The van der Waals surface area contributed by atoms with Crippen LogP contribution in [0.25, 0.3) is 0 Å². The van der Waals surface area contributed by atoms with Gasteiger partial charge in [0.25, 0.3) is 5.91 Å². The molecule has 20 heavy (non-hydrogen) atoms. The Morgan fingerprint density at radius 2 is 1.90 bits per heavy atom. The van der Waals surface area contributed by atoms with E-state index in [1.807, 2.05) is 0 Å². The number of carbonyl (C=O) groups excluding carboxylic acids is 1. The van der Waals surface area contributed by atoms with Crippen LogP contribution in [-0.2, 0) is 9.47 Å². The summed E-state index contributed by atoms with van der Waals surface area (Å²) in [6.45, 7) is 3.82. The maximum Gasteiger partial charge on any atom is 0.253 e. The Balaban J connectivity index is 2.76. The molecule has 0 heterocycles. The van der Waals surface area contributed by atoms with Crippen molar-refractivity contribution in [3.05, 3.63) is 35.1 Å². The van der Waals surface area contributed by atoms with Crippen molar-refractivity contribution >= 4 is 5.91 Å². The number of amides is 1. The number of ether oxygens (including phenoxy) is 2. The van der Waals surface area contributed by atoms with E-state index in [0.29, 0.717) is 37.4 Å². The second-order valence-electron chi connectivity index (χ2n) is 4.60. The van der Waals surface area contributed by atoms with Gasteiger partial charge in [-0.25, -0.2) is 4.39 Å². The van der Waals surface area contributed by atoms with Gasteiger partial charge in [-0.1, -0.05) is 0 Å². The van der Waals surface area contributed by atoms with Crippen LogP contribution in [0, 0.1) is 12.7 Å². The van der Waals surface area contributed by atoms with Crippen molar-refractivity contribution in [3.8, 4) is 0 Å². The zero-order chi connectivity index (χ0) is 15.0. The van der Waals surface area contributed by atoms with Crippen LogP contribution in [0.4, 0.5) is 4.39 Å². The van der Waals surface area contributed by atoms with E-state index in [0.717, 1.165) is 6.42 Å². The fraction of sp³-hybridized carbons (Fsp3) is 0.533. The SMILES string of the molecule is COCCCN(CCOC)C(=O)c1ccc(F)c(C)c1. The van der Waals surface area contributed by atoms with Gasteiger partial charge in [-0.05, 0) is 37.1 Å². The molecule has 0 bridgehead atoms. The molecular weight excluding hydrogens is 261 g/mol. The van der Waals surface area contributed by atoms with Crippen LogP contribution in [0.5, 0.6) is 0 Å². The first kappa shape index (κ1) is 16.6. The molecule has 0 unspecified atom stereocenters. The Kier molecular flexibility index (Phi) is 7.18. The van der Waals surface area contributed by atoms with Crippen LogP contribution in [0.2, 0.25) is 0 Å². The minimum absolute atomic E-state index is 0.110. The van der Waals surface area contributed by atoms with E-state index in [9.17, 15) is 9.18 Å². The minimum Gasteiger partial charge on any atom is -0.385 e. The number of hydrogen-bond acceptors (Lipinski definition) is 3. The van der Waals surface area contributed by atoms with E-state index in [4.69, 9.17) is 9.47 Å². The average Bonchev–Trinajstić information content (AvgIpc) is 2.45. The van der Waals surface area contributed by atoms with Crippen molar-refractivity contribution in [2.45, 2.75) is 13.3 Å². The third-order valence-electron chi connectivity index (χ3n) is 3.03. The van der Waals surface area contributed by atoms with Crippen LogP contribution in [0.15, 0.2) is 18.2 Å². The predicted octanol–water partition coefficient (Wildman–Crippen LogP) is 2.26. The van der Waals surface area contributed by atoms with E-state index in [1.165, 1.54) is 12.1 Å². The zero-order valence-electron chi connectivity index (χ0n) is 12.3. The van der Waals surface area contributed by atoms with Gasteiger partial charge in [0.1, 0.15) is 5.82 Å². The highest BCUT2D eigenvalue weighted by Gasteiger charge is 2.16. The maximum atomic E-state index is 13.3. The van der Waals surface area contributed by atoms with Crippen LogP contribution >= 0.6 is 0 Å². The minimum atomic E-state index is -0.302. The molecule has 0 aliphatic heterocycles. The number of nitrogens with zero attached hydrogens (tertiary/aromatic N) is 1. The fourth-order valence-electron chi connectivity index (χ4n) is 1.88. The Morgan fingerprint density at radius 3 is 2.50 bits per heavy atom. The van der Waals surface area contributed by atoms with E-state index < -0.39 is 0 Å². The molecule has 0 spiro atoms. The summed E-state index contributed by atoms with van der Waals surface area (Å²) in [5, 5.41) is 0. The predicted molar refractivity (Wildman–Crippen MR) is 75.4 cm³/mol. The number of hydrogen-bond donors (Lipinski definition) is 0. The topological polar surface area (TPSA) is 38.8 Å². The standard InChI is InChI=1S/C15H22FNO3/c1-12-11-13(5-6-14(12)16)15(18)17(8-10-20-3)7-4-9-19-2/h5-6,11H,4,7-10H2,1-3H3. The zero-order valence-corrected chi connectivity index (χ0v) is 12.3. The molecule has 5 heteroatoms. The summed E-state index contributed by atoms with van der Waals surface area (Å²) >= 11 is 0. The number of rotatable bonds is 8. The lowest BCUT2D eigenvalue weighted by atomic mass is 10.1. The van der Waals surface area contributed by atoms with Gasteiger partial charge in [-0.15, -0.1) is 0 Å². The number of carbonyl (C=O) groups is 1. The Hall–Kier alpha value is -1.46. The van der Waals surface area contributed by atoms with Crippen molar-refractivity contribution in [1.29, 1.82) is 0 Å². The van der Waals surface area contributed by atoms with Crippen molar-refractivity contribution < 1.29 is 18.7 Å². The molecule has 1 aromatic carbocycles. The third-order valence-corrected chi connectivity index (χ3v) is 3.03. The van der Waals surface area contributed by atoms with Gasteiger partial charge in [0.15, 0.2) is 0 Å². The normalized spacial score (nSPS) is 10.6. The lowest BCUT2D eigenvalue weighted by molar-refractivity contribution is 0.0674. The van der Waals surface area contributed by atoms with Gasteiger partial charge in [0.2, 0.25) is 0 Å². The number of benzene rings is 1. The highest BCUT2D eigenvalue weighted by atomic mass is 19.1. The monoisotopic (exact) mass is 283 g/mol. The summed E-state index contributed by atoms with van der Waals surface area (Å²) in [6, 6.07) is 4.42. The van der Waals surface area contributed by atoms with E-state index >= 15 is 0 Å². The van der Waals surface area contributed by atoms with Crippen molar-refractivity contribution in [2.75, 3.05) is 40.5 Å². The number of halogens is 1. The highest BCUT2D eigenvalue weighted by molar-refractivity contribution is 5.94. The molecular formula is C15H22FNO3. The molecule has 1 rings (SSSR count). The number of methoxy groups -OCH3 is 2. The number of aryl methyl sites for hydroxylation is 1. The van der Waals surface area contributed by atoms with Crippen molar-refractivity contribution in [2.24, 2.45) is 0 Å². The van der Waals surface area contributed by atoms with E-state index in [2.05, 4.69) is 0 Å². The summed E-state index contributed by atoms with van der Waals surface area (Å²) in [5.74, 6) is -0.411. The van der Waals surface area contributed by atoms with Crippen LogP contribution < -0.4 is 0 Å². The summed E-state index contributed by atoms with van der Waals surface area (Å²) in [4.78, 5) is 14.1. The first-order valence-electron chi connectivity index (χ1n) is 6.63. The lowest BCUT2D eigenvalue weighted by Gasteiger charge is -2.22. The molecule has 0 aromatic heterocycles. The van der Waals surface area contributed by atoms with Crippen LogP contribution in [0.1, 0.15) is 22.3 Å². The molecule has 0 N–H and O–H groups in total. The van der Waals surface area contributed by atoms with Crippen molar-refractivity contribution in [3.63, 3.8) is 0 Å². The molecule has 0 fully saturated rings. The quantitative estimate of drug-likeness (QED) is 0.687. The third kappa shape index (κ3) is 4.90.